The van der Waals surface area contributed by atoms with Crippen LogP contribution in [0.25, 0.3) is 0 Å². The first-order valence-electron chi connectivity index (χ1n) is 4.75. The number of para-hydroxylation sites is 1. The fraction of sp³-hybridized carbons (Fsp3) is 0.455. The summed E-state index contributed by atoms with van der Waals surface area (Å²) in [4.78, 5) is 0. The smallest absolute Gasteiger partial charge is 0.387 e. The number of nitrogens with one attached hydrogen (secondary N) is 1. The van der Waals surface area contributed by atoms with Crippen LogP contribution in [0.1, 0.15) is 30.9 Å². The molecule has 0 radical (unpaired) electrons. The van der Waals surface area contributed by atoms with Crippen LogP contribution in [0, 0.1) is 0 Å². The maximum Gasteiger partial charge on any atom is 0.418 e. The van der Waals surface area contributed by atoms with Gasteiger partial charge in [-0.15, -0.1) is 0 Å². The van der Waals surface area contributed by atoms with Crippen molar-refractivity contribution in [3.8, 4) is 0 Å². The van der Waals surface area contributed by atoms with Crippen molar-refractivity contribution in [2.24, 2.45) is 0 Å². The molecule has 1 aromatic carbocycles. The molecule has 0 aliphatic rings. The lowest BCUT2D eigenvalue weighted by Gasteiger charge is -2.18. The van der Waals surface area contributed by atoms with Crippen LogP contribution in [0.15, 0.2) is 18.2 Å². The largest absolute Gasteiger partial charge is 0.418 e. The maximum absolute atomic E-state index is 12.6. The third kappa shape index (κ3) is 2.43. The zero-order chi connectivity index (χ0) is 11.6. The Kier molecular flexibility index (Phi) is 3.27. The Labute approximate surface area is 87.3 Å². The molecule has 0 saturated heterocycles. The molecule has 0 aromatic heterocycles. The molecule has 0 atom stereocenters. The van der Waals surface area contributed by atoms with Crippen molar-refractivity contribution in [3.63, 3.8) is 0 Å². The van der Waals surface area contributed by atoms with E-state index in [-0.39, 0.29) is 11.6 Å². The first-order valence-corrected chi connectivity index (χ1v) is 4.75. The van der Waals surface area contributed by atoms with Crippen molar-refractivity contribution in [1.29, 1.82) is 0 Å². The minimum atomic E-state index is -4.30. The van der Waals surface area contributed by atoms with E-state index in [1.54, 1.807) is 6.07 Å². The van der Waals surface area contributed by atoms with Crippen molar-refractivity contribution in [1.82, 2.24) is 0 Å². The average molecular weight is 217 g/mol. The highest BCUT2D eigenvalue weighted by Gasteiger charge is 2.34. The van der Waals surface area contributed by atoms with Crippen LogP contribution < -0.4 is 5.32 Å². The summed E-state index contributed by atoms with van der Waals surface area (Å²) in [7, 11) is 1.51. The molecule has 84 valence electrons. The highest BCUT2D eigenvalue weighted by molar-refractivity contribution is 5.59. The minimum absolute atomic E-state index is 0.0646. The summed E-state index contributed by atoms with van der Waals surface area (Å²) in [5.74, 6) is 0.0646. The lowest BCUT2D eigenvalue weighted by molar-refractivity contribution is -0.137. The van der Waals surface area contributed by atoms with Gasteiger partial charge in [0.2, 0.25) is 0 Å². The van der Waals surface area contributed by atoms with Crippen molar-refractivity contribution in [2.75, 3.05) is 12.4 Å². The number of alkyl halides is 3. The van der Waals surface area contributed by atoms with Gasteiger partial charge in [0.25, 0.3) is 0 Å². The fourth-order valence-electron chi connectivity index (χ4n) is 1.57. The van der Waals surface area contributed by atoms with E-state index in [0.717, 1.165) is 6.07 Å². The molecule has 1 aromatic rings. The molecule has 0 aliphatic carbocycles. The van der Waals surface area contributed by atoms with E-state index in [1.165, 1.54) is 13.1 Å². The van der Waals surface area contributed by atoms with Crippen molar-refractivity contribution in [2.45, 2.75) is 25.9 Å². The third-order valence-corrected chi connectivity index (χ3v) is 2.27. The zero-order valence-corrected chi connectivity index (χ0v) is 8.94. The standard InChI is InChI=1S/C11H14F3N/c1-7(2)8-5-4-6-9(10(8)15-3)11(12,13)14/h4-7,15H,1-3H3. The van der Waals surface area contributed by atoms with Crippen molar-refractivity contribution < 1.29 is 13.2 Å². The van der Waals surface area contributed by atoms with Gasteiger partial charge in [0.15, 0.2) is 0 Å². The van der Waals surface area contributed by atoms with E-state index in [4.69, 9.17) is 0 Å². The van der Waals surface area contributed by atoms with Gasteiger partial charge < -0.3 is 5.32 Å². The quantitative estimate of drug-likeness (QED) is 0.792. The Morgan fingerprint density at radius 3 is 2.20 bits per heavy atom. The summed E-state index contributed by atoms with van der Waals surface area (Å²) in [6.07, 6.45) is -4.30. The molecule has 0 unspecified atom stereocenters. The number of rotatable bonds is 2. The molecule has 1 rings (SSSR count). The second-order valence-electron chi connectivity index (χ2n) is 3.67. The topological polar surface area (TPSA) is 12.0 Å². The molecule has 15 heavy (non-hydrogen) atoms. The first kappa shape index (κ1) is 11.9. The fourth-order valence-corrected chi connectivity index (χ4v) is 1.57. The van der Waals surface area contributed by atoms with Crippen LogP contribution >= 0.6 is 0 Å². The van der Waals surface area contributed by atoms with E-state index >= 15 is 0 Å². The predicted octanol–water partition coefficient (Wildman–Crippen LogP) is 3.87. The molecule has 1 N–H and O–H groups in total. The van der Waals surface area contributed by atoms with E-state index in [1.807, 2.05) is 13.8 Å². The van der Waals surface area contributed by atoms with Gasteiger partial charge in [0, 0.05) is 12.7 Å². The van der Waals surface area contributed by atoms with E-state index < -0.39 is 11.7 Å². The Morgan fingerprint density at radius 1 is 1.20 bits per heavy atom. The first-order chi connectivity index (χ1) is 6.88. The van der Waals surface area contributed by atoms with E-state index in [2.05, 4.69) is 5.32 Å². The Bertz CT molecular complexity index is 342. The maximum atomic E-state index is 12.6. The van der Waals surface area contributed by atoms with Crippen LogP contribution in [0.3, 0.4) is 0 Å². The Hall–Kier alpha value is -1.19. The van der Waals surface area contributed by atoms with Gasteiger partial charge in [-0.3, -0.25) is 0 Å². The molecule has 0 bridgehead atoms. The van der Waals surface area contributed by atoms with Gasteiger partial charge >= 0.3 is 6.18 Å². The third-order valence-electron chi connectivity index (χ3n) is 2.27. The molecule has 1 nitrogen and oxygen atoms in total. The molecule has 0 amide bonds. The summed E-state index contributed by atoms with van der Waals surface area (Å²) >= 11 is 0. The molecular formula is C11H14F3N. The Balaban J connectivity index is 3.35. The van der Waals surface area contributed by atoms with Crippen LogP contribution in [-0.4, -0.2) is 7.05 Å². The van der Waals surface area contributed by atoms with Gasteiger partial charge in [-0.25, -0.2) is 0 Å². The number of hydrogen-bond donors (Lipinski definition) is 1. The second-order valence-corrected chi connectivity index (χ2v) is 3.67. The molecule has 0 heterocycles. The number of anilines is 1. The highest BCUT2D eigenvalue weighted by atomic mass is 19.4. The number of halogens is 3. The second kappa shape index (κ2) is 4.13. The summed E-state index contributed by atoms with van der Waals surface area (Å²) in [6, 6.07) is 4.25. The Morgan fingerprint density at radius 2 is 1.80 bits per heavy atom. The van der Waals surface area contributed by atoms with Crippen LogP contribution in [0.5, 0.6) is 0 Å². The van der Waals surface area contributed by atoms with Gasteiger partial charge in [0.05, 0.1) is 5.56 Å². The van der Waals surface area contributed by atoms with E-state index in [0.29, 0.717) is 5.56 Å². The van der Waals surface area contributed by atoms with Gasteiger partial charge in [-0.2, -0.15) is 13.2 Å². The summed E-state index contributed by atoms with van der Waals surface area (Å²) in [5, 5.41) is 2.63. The average Bonchev–Trinajstić information content (AvgIpc) is 2.15. The van der Waals surface area contributed by atoms with E-state index in [9.17, 15) is 13.2 Å². The molecule has 0 saturated carbocycles. The van der Waals surface area contributed by atoms with Crippen LogP contribution in [0.4, 0.5) is 18.9 Å². The zero-order valence-electron chi connectivity index (χ0n) is 8.94. The summed E-state index contributed by atoms with van der Waals surface area (Å²) in [5.41, 5.74) is 0.267. The summed E-state index contributed by atoms with van der Waals surface area (Å²) < 4.78 is 37.9. The summed E-state index contributed by atoms with van der Waals surface area (Å²) in [6.45, 7) is 3.74. The van der Waals surface area contributed by atoms with Crippen molar-refractivity contribution >= 4 is 5.69 Å². The lowest BCUT2D eigenvalue weighted by atomic mass is 9.97. The molecule has 0 spiro atoms. The monoisotopic (exact) mass is 217 g/mol. The molecule has 4 heteroatoms. The SMILES string of the molecule is CNc1c(C(C)C)cccc1C(F)(F)F. The number of benzene rings is 1. The normalized spacial score (nSPS) is 11.9. The molecule has 0 aliphatic heterocycles. The van der Waals surface area contributed by atoms with Gasteiger partial charge in [-0.05, 0) is 17.5 Å². The van der Waals surface area contributed by atoms with Gasteiger partial charge in [0.1, 0.15) is 0 Å². The minimum Gasteiger partial charge on any atom is -0.387 e. The van der Waals surface area contributed by atoms with Crippen LogP contribution in [-0.2, 0) is 6.18 Å². The highest BCUT2D eigenvalue weighted by Crippen LogP contribution is 2.38. The molecular weight excluding hydrogens is 203 g/mol. The van der Waals surface area contributed by atoms with Gasteiger partial charge in [-0.1, -0.05) is 26.0 Å². The molecule has 0 fully saturated rings. The van der Waals surface area contributed by atoms with Crippen molar-refractivity contribution in [3.05, 3.63) is 29.3 Å². The predicted molar refractivity (Wildman–Crippen MR) is 55.1 cm³/mol. The lowest BCUT2D eigenvalue weighted by Crippen LogP contribution is -2.11. The number of hydrogen-bond acceptors (Lipinski definition) is 1. The van der Waals surface area contributed by atoms with Crippen LogP contribution in [0.2, 0.25) is 0 Å².